The highest BCUT2D eigenvalue weighted by atomic mass is 35.5. The second-order valence-corrected chi connectivity index (χ2v) is 7.95. The molecule has 1 amide bonds. The van der Waals surface area contributed by atoms with Crippen molar-refractivity contribution in [2.45, 2.75) is 19.6 Å². The Kier molecular flexibility index (Phi) is 7.13. The Morgan fingerprint density at radius 1 is 1.09 bits per heavy atom. The number of rotatable bonds is 8. The molecule has 34 heavy (non-hydrogen) atoms. The minimum Gasteiger partial charge on any atom is -0.495 e. The van der Waals surface area contributed by atoms with Crippen LogP contribution in [0, 0.1) is 5.82 Å². The average molecular weight is 480 g/mol. The largest absolute Gasteiger partial charge is 0.495 e. The van der Waals surface area contributed by atoms with Crippen molar-refractivity contribution in [1.82, 2.24) is 15.1 Å². The molecule has 174 valence electrons. The third-order valence-corrected chi connectivity index (χ3v) is 5.49. The lowest BCUT2D eigenvalue weighted by atomic mass is 10.1. The van der Waals surface area contributed by atoms with Crippen LogP contribution in [-0.2, 0) is 11.3 Å². The lowest BCUT2D eigenvalue weighted by molar-refractivity contribution is -0.127. The third kappa shape index (κ3) is 5.21. The van der Waals surface area contributed by atoms with Crippen LogP contribution in [0.1, 0.15) is 12.5 Å². The maximum Gasteiger partial charge on any atom is 0.261 e. The molecule has 4 aromatic rings. The van der Waals surface area contributed by atoms with E-state index in [4.69, 9.17) is 26.2 Å². The fourth-order valence-corrected chi connectivity index (χ4v) is 3.68. The number of benzene rings is 3. The maximum atomic E-state index is 13.9. The topological polar surface area (TPSA) is 65.4 Å². The predicted molar refractivity (Wildman–Crippen MR) is 129 cm³/mol. The third-order valence-electron chi connectivity index (χ3n) is 5.20. The normalized spacial score (nSPS) is 11.6. The number of para-hydroxylation sites is 2. The van der Waals surface area contributed by atoms with Crippen LogP contribution >= 0.6 is 11.6 Å². The van der Waals surface area contributed by atoms with Crippen molar-refractivity contribution in [3.05, 3.63) is 95.4 Å². The molecular formula is C26H23ClFN3O3. The lowest BCUT2D eigenvalue weighted by Crippen LogP contribution is -2.36. The number of amides is 1. The van der Waals surface area contributed by atoms with E-state index < -0.39 is 11.9 Å². The number of ether oxygens (including phenoxy) is 2. The highest BCUT2D eigenvalue weighted by Crippen LogP contribution is 2.31. The molecule has 0 aliphatic heterocycles. The van der Waals surface area contributed by atoms with Gasteiger partial charge in [-0.2, -0.15) is 5.10 Å². The molecular weight excluding hydrogens is 457 g/mol. The summed E-state index contributed by atoms with van der Waals surface area (Å²) in [4.78, 5) is 12.7. The summed E-state index contributed by atoms with van der Waals surface area (Å²) < 4.78 is 26.3. The van der Waals surface area contributed by atoms with Crippen LogP contribution in [0.3, 0.4) is 0 Å². The summed E-state index contributed by atoms with van der Waals surface area (Å²) in [5.74, 6) is -0.322. The van der Waals surface area contributed by atoms with Gasteiger partial charge in [0.1, 0.15) is 5.75 Å². The number of hydrogen-bond acceptors (Lipinski definition) is 4. The van der Waals surface area contributed by atoms with Gasteiger partial charge in [0.05, 0.1) is 23.5 Å². The van der Waals surface area contributed by atoms with Crippen LogP contribution in [0.15, 0.2) is 79.0 Å². The Labute approximate surface area is 201 Å². The molecule has 0 fully saturated rings. The van der Waals surface area contributed by atoms with Crippen LogP contribution in [-0.4, -0.2) is 28.9 Å². The molecule has 1 atom stereocenters. The van der Waals surface area contributed by atoms with Crippen LogP contribution in [0.4, 0.5) is 4.39 Å². The van der Waals surface area contributed by atoms with E-state index in [0.717, 1.165) is 16.8 Å². The molecule has 4 rings (SSSR count). The number of nitrogens with one attached hydrogen (secondary N) is 1. The summed E-state index contributed by atoms with van der Waals surface area (Å²) in [6.45, 7) is 1.76. The van der Waals surface area contributed by atoms with Gasteiger partial charge in [0.15, 0.2) is 17.7 Å². The average Bonchev–Trinajstić information content (AvgIpc) is 3.28. The standard InChI is InChI=1S/C26H23ClFN3O3/c1-17(34-24-11-7-6-10-22(24)28)26(32)29-15-19-16-31(20-8-4-3-5-9-20)30-25(19)18-12-13-23(33-2)21(27)14-18/h3-14,16-17H,15H2,1-2H3,(H,29,32). The van der Waals surface area contributed by atoms with Crippen LogP contribution < -0.4 is 14.8 Å². The van der Waals surface area contributed by atoms with Crippen molar-refractivity contribution in [3.8, 4) is 28.4 Å². The number of hydrogen-bond donors (Lipinski definition) is 1. The van der Waals surface area contributed by atoms with Crippen molar-refractivity contribution >= 4 is 17.5 Å². The summed E-state index contributed by atoms with van der Waals surface area (Å²) in [6, 6.07) is 21.0. The molecule has 0 saturated carbocycles. The number of carbonyl (C=O) groups excluding carboxylic acids is 1. The predicted octanol–water partition coefficient (Wildman–Crippen LogP) is 5.42. The first-order valence-electron chi connectivity index (χ1n) is 10.6. The second-order valence-electron chi connectivity index (χ2n) is 7.54. The second kappa shape index (κ2) is 10.4. The van der Waals surface area contributed by atoms with Crippen molar-refractivity contribution < 1.29 is 18.7 Å². The van der Waals surface area contributed by atoms with Gasteiger partial charge in [-0.15, -0.1) is 0 Å². The number of carbonyl (C=O) groups is 1. The van der Waals surface area contributed by atoms with Gasteiger partial charge < -0.3 is 14.8 Å². The van der Waals surface area contributed by atoms with Gasteiger partial charge in [-0.3, -0.25) is 4.79 Å². The Hall–Kier alpha value is -3.84. The van der Waals surface area contributed by atoms with E-state index >= 15 is 0 Å². The van der Waals surface area contributed by atoms with Crippen molar-refractivity contribution in [1.29, 1.82) is 0 Å². The summed E-state index contributed by atoms with van der Waals surface area (Å²) in [5, 5.41) is 8.04. The highest BCUT2D eigenvalue weighted by molar-refractivity contribution is 6.32. The fourth-order valence-electron chi connectivity index (χ4n) is 3.42. The Morgan fingerprint density at radius 2 is 1.82 bits per heavy atom. The number of methoxy groups -OCH3 is 1. The lowest BCUT2D eigenvalue weighted by Gasteiger charge is -2.15. The SMILES string of the molecule is COc1ccc(-c2nn(-c3ccccc3)cc2CNC(=O)C(C)Oc2ccccc2F)cc1Cl. The van der Waals surface area contributed by atoms with Gasteiger partial charge in [-0.1, -0.05) is 41.9 Å². The Bertz CT molecular complexity index is 1290. The van der Waals surface area contributed by atoms with Crippen LogP contribution in [0.5, 0.6) is 11.5 Å². The summed E-state index contributed by atoms with van der Waals surface area (Å²) in [6.07, 6.45) is 0.964. The quantitative estimate of drug-likeness (QED) is 0.366. The first-order chi connectivity index (χ1) is 16.5. The van der Waals surface area contributed by atoms with Gasteiger partial charge in [-0.05, 0) is 49.4 Å². The summed E-state index contributed by atoms with van der Waals surface area (Å²) in [5.41, 5.74) is 3.09. The maximum absolute atomic E-state index is 13.9. The first-order valence-corrected chi connectivity index (χ1v) is 11.0. The molecule has 0 aliphatic carbocycles. The number of aromatic nitrogens is 2. The molecule has 0 aliphatic rings. The monoisotopic (exact) mass is 479 g/mol. The number of halogens is 2. The molecule has 0 saturated heterocycles. The van der Waals surface area contributed by atoms with Gasteiger partial charge >= 0.3 is 0 Å². The zero-order valence-electron chi connectivity index (χ0n) is 18.7. The molecule has 0 bridgehead atoms. The molecule has 6 nitrogen and oxygen atoms in total. The minimum absolute atomic E-state index is 0.0237. The molecule has 0 radical (unpaired) electrons. The molecule has 1 N–H and O–H groups in total. The van der Waals surface area contributed by atoms with Gasteiger partial charge in [0, 0.05) is 23.9 Å². The smallest absolute Gasteiger partial charge is 0.261 e. The molecule has 3 aromatic carbocycles. The van der Waals surface area contributed by atoms with Crippen LogP contribution in [0.25, 0.3) is 16.9 Å². The molecule has 1 heterocycles. The van der Waals surface area contributed by atoms with Gasteiger partial charge in [0.25, 0.3) is 5.91 Å². The summed E-state index contributed by atoms with van der Waals surface area (Å²) in [7, 11) is 1.55. The molecule has 0 spiro atoms. The first kappa shape index (κ1) is 23.3. The Morgan fingerprint density at radius 3 is 2.53 bits per heavy atom. The zero-order valence-corrected chi connectivity index (χ0v) is 19.4. The van der Waals surface area contributed by atoms with E-state index in [-0.39, 0.29) is 18.2 Å². The number of nitrogens with zero attached hydrogens (tertiary/aromatic N) is 2. The zero-order chi connectivity index (χ0) is 24.1. The van der Waals surface area contributed by atoms with E-state index in [0.29, 0.717) is 16.5 Å². The minimum atomic E-state index is -0.889. The fraction of sp³-hybridized carbons (Fsp3) is 0.154. The van der Waals surface area contributed by atoms with Crippen molar-refractivity contribution in [2.24, 2.45) is 0 Å². The van der Waals surface area contributed by atoms with Gasteiger partial charge in [0.2, 0.25) is 0 Å². The van der Waals surface area contributed by atoms with Crippen molar-refractivity contribution in [3.63, 3.8) is 0 Å². The van der Waals surface area contributed by atoms with E-state index in [9.17, 15) is 9.18 Å². The molecule has 1 aromatic heterocycles. The van der Waals surface area contributed by atoms with Gasteiger partial charge in [-0.25, -0.2) is 9.07 Å². The van der Waals surface area contributed by atoms with Crippen LogP contribution in [0.2, 0.25) is 5.02 Å². The van der Waals surface area contributed by atoms with E-state index in [1.54, 1.807) is 43.0 Å². The highest BCUT2D eigenvalue weighted by Gasteiger charge is 2.19. The Balaban J connectivity index is 1.57. The summed E-state index contributed by atoms with van der Waals surface area (Å²) >= 11 is 6.34. The van der Waals surface area contributed by atoms with Crippen molar-refractivity contribution in [2.75, 3.05) is 7.11 Å². The van der Waals surface area contributed by atoms with E-state index in [1.807, 2.05) is 42.6 Å². The molecule has 8 heteroatoms. The van der Waals surface area contributed by atoms with E-state index in [1.165, 1.54) is 12.1 Å². The molecule has 1 unspecified atom stereocenters. The van der Waals surface area contributed by atoms with E-state index in [2.05, 4.69) is 5.32 Å².